The van der Waals surface area contributed by atoms with Crippen LogP contribution in [0.5, 0.6) is 0 Å². The maximum Gasteiger partial charge on any atom is 0.321 e. The molecular weight excluding hydrogens is 345 g/mol. The highest BCUT2D eigenvalue weighted by Gasteiger charge is 2.27. The van der Waals surface area contributed by atoms with Crippen LogP contribution in [0.1, 0.15) is 31.0 Å². The lowest BCUT2D eigenvalue weighted by atomic mass is 9.97. The van der Waals surface area contributed by atoms with Crippen molar-refractivity contribution in [2.24, 2.45) is 0 Å². The molecule has 2 heterocycles. The third-order valence-corrected chi connectivity index (χ3v) is 4.94. The number of nitrogens with zero attached hydrogens (tertiary/aromatic N) is 4. The van der Waals surface area contributed by atoms with Crippen LogP contribution < -0.4 is 5.32 Å². The number of carbonyl (C=O) groups is 1. The van der Waals surface area contributed by atoms with E-state index in [0.717, 1.165) is 38.2 Å². The Bertz CT molecular complexity index is 760. The first kappa shape index (κ1) is 19.4. The highest BCUT2D eigenvalue weighted by molar-refractivity contribution is 5.89. The number of anilines is 1. The van der Waals surface area contributed by atoms with Crippen LogP contribution in [0.15, 0.2) is 36.7 Å². The molecule has 2 aromatic rings. The van der Waals surface area contributed by atoms with Crippen molar-refractivity contribution in [3.8, 4) is 0 Å². The fourth-order valence-electron chi connectivity index (χ4n) is 3.56. The number of imidazole rings is 1. The van der Waals surface area contributed by atoms with Crippen LogP contribution in [0.2, 0.25) is 0 Å². The monoisotopic (exact) mass is 373 g/mol. The van der Waals surface area contributed by atoms with Crippen LogP contribution in [0.3, 0.4) is 0 Å². The predicted molar refractivity (Wildman–Crippen MR) is 104 cm³/mol. The molecule has 1 fully saturated rings. The Morgan fingerprint density at radius 2 is 2.19 bits per heavy atom. The molecule has 1 atom stereocenters. The van der Waals surface area contributed by atoms with Crippen LogP contribution >= 0.6 is 0 Å². The molecule has 1 aromatic carbocycles. The molecule has 1 aliphatic heterocycles. The van der Waals surface area contributed by atoms with E-state index in [1.54, 1.807) is 23.1 Å². The molecule has 0 bridgehead atoms. The second-order valence-corrected chi connectivity index (χ2v) is 7.33. The topological polar surface area (TPSA) is 53.4 Å². The van der Waals surface area contributed by atoms with Gasteiger partial charge in [-0.15, -0.1) is 0 Å². The summed E-state index contributed by atoms with van der Waals surface area (Å²) in [4.78, 5) is 21.1. The summed E-state index contributed by atoms with van der Waals surface area (Å²) in [6.45, 7) is 3.23. The van der Waals surface area contributed by atoms with Crippen molar-refractivity contribution >= 4 is 11.7 Å². The third kappa shape index (κ3) is 5.07. The van der Waals surface area contributed by atoms with Crippen molar-refractivity contribution in [1.29, 1.82) is 0 Å². The minimum atomic E-state index is -0.421. The molecular formula is C20H28FN5O. The summed E-state index contributed by atoms with van der Waals surface area (Å²) in [6.07, 6.45) is 6.83. The number of aryl methyl sites for hydroxylation is 1. The van der Waals surface area contributed by atoms with Gasteiger partial charge < -0.3 is 19.7 Å². The molecule has 7 heteroatoms. The van der Waals surface area contributed by atoms with Gasteiger partial charge in [0.1, 0.15) is 11.6 Å². The first-order valence-corrected chi connectivity index (χ1v) is 9.51. The molecule has 0 saturated carbocycles. The number of hydrogen-bond donors (Lipinski definition) is 1. The highest BCUT2D eigenvalue weighted by atomic mass is 19.1. The summed E-state index contributed by atoms with van der Waals surface area (Å²) in [5, 5.41) is 2.69. The zero-order chi connectivity index (χ0) is 19.2. The smallest absolute Gasteiger partial charge is 0.321 e. The third-order valence-electron chi connectivity index (χ3n) is 4.94. The largest absolute Gasteiger partial charge is 0.335 e. The first-order chi connectivity index (χ1) is 13.0. The molecule has 0 aliphatic carbocycles. The summed E-state index contributed by atoms with van der Waals surface area (Å²) in [6, 6.07) is 5.99. The van der Waals surface area contributed by atoms with Crippen LogP contribution in [0, 0.1) is 5.82 Å². The summed E-state index contributed by atoms with van der Waals surface area (Å²) >= 11 is 0. The van der Waals surface area contributed by atoms with Crippen molar-refractivity contribution in [3.05, 3.63) is 48.3 Å². The van der Waals surface area contributed by atoms with E-state index >= 15 is 0 Å². The maximum absolute atomic E-state index is 13.8. The molecule has 0 radical (unpaired) electrons. The van der Waals surface area contributed by atoms with E-state index in [1.807, 2.05) is 12.4 Å². The maximum atomic E-state index is 13.8. The van der Waals surface area contributed by atoms with E-state index in [0.29, 0.717) is 13.1 Å². The van der Waals surface area contributed by atoms with E-state index in [-0.39, 0.29) is 17.6 Å². The van der Waals surface area contributed by atoms with Gasteiger partial charge in [0.05, 0.1) is 5.69 Å². The Morgan fingerprint density at radius 1 is 1.37 bits per heavy atom. The molecule has 1 aliphatic rings. The van der Waals surface area contributed by atoms with Gasteiger partial charge in [-0.3, -0.25) is 0 Å². The van der Waals surface area contributed by atoms with Crippen molar-refractivity contribution in [3.63, 3.8) is 0 Å². The van der Waals surface area contributed by atoms with Gasteiger partial charge in [-0.25, -0.2) is 14.2 Å². The number of nitrogens with one attached hydrogen (secondary N) is 1. The molecule has 27 heavy (non-hydrogen) atoms. The van der Waals surface area contributed by atoms with E-state index < -0.39 is 5.82 Å². The fourth-order valence-corrected chi connectivity index (χ4v) is 3.56. The molecule has 6 nitrogen and oxygen atoms in total. The van der Waals surface area contributed by atoms with E-state index in [2.05, 4.69) is 33.9 Å². The Hall–Kier alpha value is -2.41. The van der Waals surface area contributed by atoms with Crippen molar-refractivity contribution in [1.82, 2.24) is 19.4 Å². The fraction of sp³-hybridized carbons (Fsp3) is 0.500. The average Bonchev–Trinajstić information content (AvgIpc) is 3.12. The number of urea groups is 1. The summed E-state index contributed by atoms with van der Waals surface area (Å²) in [5.41, 5.74) is 0.217. The van der Waals surface area contributed by atoms with Gasteiger partial charge in [0, 0.05) is 37.9 Å². The lowest BCUT2D eigenvalue weighted by Gasteiger charge is -2.32. The molecule has 0 spiro atoms. The van der Waals surface area contributed by atoms with Crippen LogP contribution in [0.4, 0.5) is 14.9 Å². The Morgan fingerprint density at radius 3 is 2.96 bits per heavy atom. The lowest BCUT2D eigenvalue weighted by molar-refractivity contribution is 0.190. The minimum absolute atomic E-state index is 0.208. The van der Waals surface area contributed by atoms with Crippen LogP contribution in [-0.2, 0) is 6.54 Å². The minimum Gasteiger partial charge on any atom is -0.335 e. The quantitative estimate of drug-likeness (QED) is 0.845. The van der Waals surface area contributed by atoms with Crippen molar-refractivity contribution in [2.75, 3.05) is 39.0 Å². The number of amides is 2. The SMILES string of the molecule is CN(C)CCCn1ccnc1[C@@H]1CCCN(C(=O)Nc2ccccc2F)C1. The molecule has 1 saturated heterocycles. The molecule has 2 amide bonds. The molecule has 3 rings (SSSR count). The van der Waals surface area contributed by atoms with Gasteiger partial charge >= 0.3 is 6.03 Å². The van der Waals surface area contributed by atoms with E-state index in [9.17, 15) is 9.18 Å². The summed E-state index contributed by atoms with van der Waals surface area (Å²) in [5.74, 6) is 0.826. The molecule has 146 valence electrons. The van der Waals surface area contributed by atoms with Crippen molar-refractivity contribution < 1.29 is 9.18 Å². The number of aromatic nitrogens is 2. The number of hydrogen-bond acceptors (Lipinski definition) is 3. The van der Waals surface area contributed by atoms with Gasteiger partial charge in [0.25, 0.3) is 0 Å². The number of halogens is 1. The number of rotatable bonds is 6. The van der Waals surface area contributed by atoms with Gasteiger partial charge in [0.15, 0.2) is 0 Å². The number of benzene rings is 1. The summed E-state index contributed by atoms with van der Waals surface area (Å²) < 4.78 is 16.0. The zero-order valence-corrected chi connectivity index (χ0v) is 16.1. The number of piperidine rings is 1. The summed E-state index contributed by atoms with van der Waals surface area (Å²) in [7, 11) is 4.14. The second kappa shape index (κ2) is 8.99. The Kier molecular flexibility index (Phi) is 6.45. The van der Waals surface area contributed by atoms with Gasteiger partial charge in [-0.05, 0) is 52.0 Å². The Labute approximate surface area is 160 Å². The number of likely N-dealkylation sites (tertiary alicyclic amines) is 1. The van der Waals surface area contributed by atoms with E-state index in [4.69, 9.17) is 0 Å². The molecule has 1 aromatic heterocycles. The van der Waals surface area contributed by atoms with Gasteiger partial charge in [0.2, 0.25) is 0 Å². The molecule has 1 N–H and O–H groups in total. The average molecular weight is 373 g/mol. The first-order valence-electron chi connectivity index (χ1n) is 9.51. The zero-order valence-electron chi connectivity index (χ0n) is 16.1. The second-order valence-electron chi connectivity index (χ2n) is 7.33. The lowest BCUT2D eigenvalue weighted by Crippen LogP contribution is -2.42. The van der Waals surface area contributed by atoms with Crippen molar-refractivity contribution in [2.45, 2.75) is 31.7 Å². The standard InChI is InChI=1S/C20H28FN5O/c1-24(2)11-6-13-25-14-10-22-19(25)16-7-5-12-26(15-16)20(27)23-18-9-4-3-8-17(18)21/h3-4,8-10,14,16H,5-7,11-13,15H2,1-2H3,(H,23,27)/t16-/m1/s1. The van der Waals surface area contributed by atoms with E-state index in [1.165, 1.54) is 6.07 Å². The van der Waals surface area contributed by atoms with Gasteiger partial charge in [-0.2, -0.15) is 0 Å². The van der Waals surface area contributed by atoms with Crippen LogP contribution in [0.25, 0.3) is 0 Å². The molecule has 0 unspecified atom stereocenters. The van der Waals surface area contributed by atoms with Gasteiger partial charge in [-0.1, -0.05) is 12.1 Å². The highest BCUT2D eigenvalue weighted by Crippen LogP contribution is 2.26. The predicted octanol–water partition coefficient (Wildman–Crippen LogP) is 3.39. The normalized spacial score (nSPS) is 17.3. The number of carbonyl (C=O) groups excluding carboxylic acids is 1. The van der Waals surface area contributed by atoms with Crippen LogP contribution in [-0.4, -0.2) is 59.1 Å². The number of para-hydroxylation sites is 1. The Balaban J connectivity index is 1.62.